The Bertz CT molecular complexity index is 854. The van der Waals surface area contributed by atoms with Crippen LogP contribution in [0.15, 0.2) is 42.7 Å². The van der Waals surface area contributed by atoms with Crippen molar-refractivity contribution < 1.29 is 14.3 Å². The molecule has 0 radical (unpaired) electrons. The summed E-state index contributed by atoms with van der Waals surface area (Å²) in [6, 6.07) is 10.3. The first-order valence-corrected chi connectivity index (χ1v) is 9.97. The molecule has 4 heterocycles. The summed E-state index contributed by atoms with van der Waals surface area (Å²) in [5.74, 6) is 1.21. The summed E-state index contributed by atoms with van der Waals surface area (Å²) < 4.78 is 13.7. The maximum absolute atomic E-state index is 13.0. The van der Waals surface area contributed by atoms with E-state index in [2.05, 4.69) is 26.6 Å². The third-order valence-corrected chi connectivity index (χ3v) is 6.43. The van der Waals surface area contributed by atoms with Gasteiger partial charge in [0.15, 0.2) is 5.72 Å². The lowest BCUT2D eigenvalue weighted by atomic mass is 10.0. The molecule has 28 heavy (non-hydrogen) atoms. The van der Waals surface area contributed by atoms with Crippen molar-refractivity contribution in [1.82, 2.24) is 19.4 Å². The van der Waals surface area contributed by atoms with Gasteiger partial charge in [-0.3, -0.25) is 9.69 Å². The molecule has 1 amide bonds. The quantitative estimate of drug-likeness (QED) is 0.763. The topological polar surface area (TPSA) is 59.8 Å². The molecular formula is C21H26N4O3. The zero-order valence-electron chi connectivity index (χ0n) is 16.2. The van der Waals surface area contributed by atoms with Gasteiger partial charge in [0.1, 0.15) is 5.82 Å². The van der Waals surface area contributed by atoms with Gasteiger partial charge < -0.3 is 18.9 Å². The van der Waals surface area contributed by atoms with Gasteiger partial charge in [0.25, 0.3) is 0 Å². The monoisotopic (exact) mass is 382 g/mol. The fraction of sp³-hybridized carbons (Fsp3) is 0.524. The smallest absolute Gasteiger partial charge is 0.227 e. The molecule has 5 rings (SSSR count). The summed E-state index contributed by atoms with van der Waals surface area (Å²) in [6.45, 7) is 3.65. The van der Waals surface area contributed by atoms with Crippen molar-refractivity contribution in [3.05, 3.63) is 54.1 Å². The van der Waals surface area contributed by atoms with E-state index in [1.54, 1.807) is 7.11 Å². The largest absolute Gasteiger partial charge is 0.383 e. The van der Waals surface area contributed by atoms with Gasteiger partial charge in [0.2, 0.25) is 5.91 Å². The van der Waals surface area contributed by atoms with Crippen molar-refractivity contribution in [3.63, 3.8) is 0 Å². The molecule has 0 N–H and O–H groups in total. The standard InChI is InChI=1S/C21H26N4O3/c1-27-12-11-23-10-8-22-19(23)14-24-9-7-21-18(24)13-20(26)25(21)17(15-28-21)16-5-3-2-4-6-16/h2-6,8,10,17-18H,7,9,11-15H2,1H3/t17-,18+,21-/m0/s1. The van der Waals surface area contributed by atoms with Crippen molar-refractivity contribution in [2.75, 3.05) is 26.9 Å². The van der Waals surface area contributed by atoms with E-state index in [1.165, 1.54) is 0 Å². The number of methoxy groups -OCH3 is 1. The van der Waals surface area contributed by atoms with E-state index in [0.29, 0.717) is 19.6 Å². The molecule has 1 aromatic carbocycles. The number of nitrogens with zero attached hydrogens (tertiary/aromatic N) is 4. The lowest BCUT2D eigenvalue weighted by molar-refractivity contribution is -0.138. The molecule has 3 fully saturated rings. The van der Waals surface area contributed by atoms with E-state index >= 15 is 0 Å². The van der Waals surface area contributed by atoms with Crippen molar-refractivity contribution in [3.8, 4) is 0 Å². The van der Waals surface area contributed by atoms with Crippen LogP contribution >= 0.6 is 0 Å². The second-order valence-corrected chi connectivity index (χ2v) is 7.82. The number of carbonyl (C=O) groups is 1. The minimum Gasteiger partial charge on any atom is -0.383 e. The van der Waals surface area contributed by atoms with Crippen molar-refractivity contribution in [2.24, 2.45) is 0 Å². The number of benzene rings is 1. The van der Waals surface area contributed by atoms with Gasteiger partial charge in [-0.05, 0) is 5.56 Å². The number of imidazole rings is 1. The van der Waals surface area contributed by atoms with E-state index in [4.69, 9.17) is 9.47 Å². The molecule has 148 valence electrons. The fourth-order valence-corrected chi connectivity index (χ4v) is 5.11. The molecule has 0 saturated carbocycles. The van der Waals surface area contributed by atoms with Crippen LogP contribution in [-0.2, 0) is 27.4 Å². The SMILES string of the molecule is COCCn1ccnc1CN1CC[C@@]23OC[C@@H](c4ccccc4)N2C(=O)C[C@@H]13. The zero-order valence-corrected chi connectivity index (χ0v) is 16.2. The molecular weight excluding hydrogens is 356 g/mol. The Morgan fingerprint density at radius 2 is 2.18 bits per heavy atom. The highest BCUT2D eigenvalue weighted by Gasteiger charge is 2.64. The second kappa shape index (κ2) is 6.99. The number of likely N-dealkylation sites (tertiary alicyclic amines) is 1. The van der Waals surface area contributed by atoms with Crippen LogP contribution in [0.3, 0.4) is 0 Å². The Hall–Kier alpha value is -2.22. The zero-order chi connectivity index (χ0) is 19.1. The predicted octanol–water partition coefficient (Wildman–Crippen LogP) is 1.80. The number of rotatable bonds is 6. The lowest BCUT2D eigenvalue weighted by Gasteiger charge is -2.33. The third kappa shape index (κ3) is 2.69. The second-order valence-electron chi connectivity index (χ2n) is 7.82. The van der Waals surface area contributed by atoms with Crippen LogP contribution in [0.5, 0.6) is 0 Å². The highest BCUT2D eigenvalue weighted by Crippen LogP contribution is 2.51. The van der Waals surface area contributed by atoms with Gasteiger partial charge in [-0.2, -0.15) is 0 Å². The first kappa shape index (κ1) is 17.8. The molecule has 3 atom stereocenters. The first-order valence-electron chi connectivity index (χ1n) is 9.97. The number of hydrogen-bond acceptors (Lipinski definition) is 5. The molecule has 3 aliphatic rings. The van der Waals surface area contributed by atoms with Gasteiger partial charge in [0, 0.05) is 45.4 Å². The number of ether oxygens (including phenoxy) is 2. The minimum atomic E-state index is -0.485. The number of hydrogen-bond donors (Lipinski definition) is 0. The molecule has 1 aromatic heterocycles. The molecule has 7 nitrogen and oxygen atoms in total. The lowest BCUT2D eigenvalue weighted by Crippen LogP contribution is -2.48. The first-order chi connectivity index (χ1) is 13.7. The molecule has 7 heteroatoms. The van der Waals surface area contributed by atoms with Crippen molar-refractivity contribution >= 4 is 5.91 Å². The molecule has 0 bridgehead atoms. The van der Waals surface area contributed by atoms with Crippen LogP contribution in [-0.4, -0.2) is 63.9 Å². The van der Waals surface area contributed by atoms with E-state index in [1.807, 2.05) is 35.5 Å². The summed E-state index contributed by atoms with van der Waals surface area (Å²) >= 11 is 0. The number of aromatic nitrogens is 2. The molecule has 0 aliphatic carbocycles. The predicted molar refractivity (Wildman–Crippen MR) is 102 cm³/mol. The van der Waals surface area contributed by atoms with E-state index < -0.39 is 5.72 Å². The molecule has 2 aromatic rings. The average molecular weight is 382 g/mol. The maximum Gasteiger partial charge on any atom is 0.227 e. The van der Waals surface area contributed by atoms with Crippen LogP contribution in [0, 0.1) is 0 Å². The highest BCUT2D eigenvalue weighted by atomic mass is 16.5. The Kier molecular flexibility index (Phi) is 4.45. The van der Waals surface area contributed by atoms with Crippen LogP contribution in [0.1, 0.15) is 30.3 Å². The minimum absolute atomic E-state index is 0.0161. The van der Waals surface area contributed by atoms with Crippen LogP contribution in [0.25, 0.3) is 0 Å². The molecule has 3 saturated heterocycles. The molecule has 1 spiro atoms. The van der Waals surface area contributed by atoms with E-state index in [0.717, 1.165) is 37.4 Å². The summed E-state index contributed by atoms with van der Waals surface area (Å²) in [4.78, 5) is 21.9. The average Bonchev–Trinajstić information content (AvgIpc) is 3.45. The van der Waals surface area contributed by atoms with Crippen molar-refractivity contribution in [2.45, 2.75) is 43.7 Å². The van der Waals surface area contributed by atoms with E-state index in [9.17, 15) is 4.79 Å². The fourth-order valence-electron chi connectivity index (χ4n) is 5.11. The van der Waals surface area contributed by atoms with Gasteiger partial charge in [0.05, 0.1) is 31.8 Å². The Labute approximate surface area is 164 Å². The molecule has 0 unspecified atom stereocenters. The summed E-state index contributed by atoms with van der Waals surface area (Å²) in [6.07, 6.45) is 5.19. The Morgan fingerprint density at radius 3 is 3.00 bits per heavy atom. The van der Waals surface area contributed by atoms with Gasteiger partial charge in [-0.25, -0.2) is 4.98 Å². The van der Waals surface area contributed by atoms with E-state index in [-0.39, 0.29) is 18.0 Å². The van der Waals surface area contributed by atoms with Crippen LogP contribution < -0.4 is 0 Å². The normalized spacial score (nSPS) is 29.5. The number of carbonyl (C=O) groups excluding carboxylic acids is 1. The molecule has 3 aliphatic heterocycles. The summed E-state index contributed by atoms with van der Waals surface area (Å²) in [5.41, 5.74) is 0.670. The maximum atomic E-state index is 13.0. The van der Waals surface area contributed by atoms with Gasteiger partial charge in [-0.15, -0.1) is 0 Å². The third-order valence-electron chi connectivity index (χ3n) is 6.43. The van der Waals surface area contributed by atoms with Crippen molar-refractivity contribution in [1.29, 1.82) is 0 Å². The van der Waals surface area contributed by atoms with Crippen LogP contribution in [0.2, 0.25) is 0 Å². The van der Waals surface area contributed by atoms with Gasteiger partial charge >= 0.3 is 0 Å². The Morgan fingerprint density at radius 1 is 1.32 bits per heavy atom. The summed E-state index contributed by atoms with van der Waals surface area (Å²) in [7, 11) is 1.71. The van der Waals surface area contributed by atoms with Gasteiger partial charge in [-0.1, -0.05) is 30.3 Å². The number of amides is 1. The van der Waals surface area contributed by atoms with Crippen LogP contribution in [0.4, 0.5) is 0 Å². The Balaban J connectivity index is 1.37. The summed E-state index contributed by atoms with van der Waals surface area (Å²) in [5, 5.41) is 0. The highest BCUT2D eigenvalue weighted by molar-refractivity contribution is 5.82.